The van der Waals surface area contributed by atoms with Gasteiger partial charge in [0, 0.05) is 12.5 Å². The summed E-state index contributed by atoms with van der Waals surface area (Å²) in [5.41, 5.74) is 0.699. The van der Waals surface area contributed by atoms with E-state index in [-0.39, 0.29) is 0 Å². The first-order valence-corrected chi connectivity index (χ1v) is 4.55. The van der Waals surface area contributed by atoms with E-state index >= 15 is 0 Å². The molecule has 0 aliphatic heterocycles. The van der Waals surface area contributed by atoms with Crippen molar-refractivity contribution in [2.24, 2.45) is 0 Å². The van der Waals surface area contributed by atoms with E-state index in [1.807, 2.05) is 13.0 Å². The fraction of sp³-hybridized carbons (Fsp3) is 0.500. The van der Waals surface area contributed by atoms with Crippen LogP contribution in [-0.4, -0.2) is 11.8 Å². The van der Waals surface area contributed by atoms with Crippen molar-refractivity contribution in [1.29, 1.82) is 0 Å². The van der Waals surface area contributed by atoms with Gasteiger partial charge in [-0.2, -0.15) is 0 Å². The molecular formula is C10H15NO2. The first-order valence-electron chi connectivity index (χ1n) is 4.55. The van der Waals surface area contributed by atoms with Gasteiger partial charge >= 0.3 is 0 Å². The van der Waals surface area contributed by atoms with Gasteiger partial charge in [-0.25, -0.2) is 0 Å². The summed E-state index contributed by atoms with van der Waals surface area (Å²) in [5.74, 6) is 1.46. The molecule has 1 aromatic heterocycles. The quantitative estimate of drug-likeness (QED) is 0.655. The summed E-state index contributed by atoms with van der Waals surface area (Å²) in [6.07, 6.45) is 1.96. The molecule has 0 spiro atoms. The highest BCUT2D eigenvalue weighted by molar-refractivity contribution is 5.52. The van der Waals surface area contributed by atoms with Crippen LogP contribution in [0.1, 0.15) is 31.7 Å². The lowest BCUT2D eigenvalue weighted by molar-refractivity contribution is 0.293. The van der Waals surface area contributed by atoms with Crippen LogP contribution in [0.5, 0.6) is 0 Å². The maximum atomic E-state index is 5.20. The summed E-state index contributed by atoms with van der Waals surface area (Å²) in [7, 11) is 0. The molecule has 0 saturated heterocycles. The second-order valence-corrected chi connectivity index (χ2v) is 2.78. The Morgan fingerprint density at radius 3 is 3.00 bits per heavy atom. The summed E-state index contributed by atoms with van der Waals surface area (Å²) in [5, 5.41) is 3.85. The van der Waals surface area contributed by atoms with Crippen LogP contribution in [0, 0.1) is 0 Å². The molecule has 0 fully saturated rings. The first kappa shape index (κ1) is 9.84. The molecule has 0 radical (unpaired) electrons. The molecule has 1 heterocycles. The van der Waals surface area contributed by atoms with E-state index < -0.39 is 0 Å². The fourth-order valence-electron chi connectivity index (χ4n) is 1.06. The third kappa shape index (κ3) is 2.61. The van der Waals surface area contributed by atoms with Crippen LogP contribution < -0.4 is 0 Å². The average molecular weight is 181 g/mol. The van der Waals surface area contributed by atoms with Crippen molar-refractivity contribution in [3.8, 4) is 0 Å². The molecule has 3 heteroatoms. The van der Waals surface area contributed by atoms with Gasteiger partial charge in [-0.05, 0) is 13.3 Å². The molecule has 3 nitrogen and oxygen atoms in total. The normalized spacial score (nSPS) is 10.0. The van der Waals surface area contributed by atoms with Gasteiger partial charge < -0.3 is 9.26 Å². The van der Waals surface area contributed by atoms with Crippen molar-refractivity contribution in [2.75, 3.05) is 6.61 Å². The Bertz CT molecular complexity index is 278. The molecule has 0 aromatic carbocycles. The number of aromatic nitrogens is 1. The molecule has 0 atom stereocenters. The van der Waals surface area contributed by atoms with Crippen molar-refractivity contribution in [1.82, 2.24) is 5.16 Å². The smallest absolute Gasteiger partial charge is 0.148 e. The first-order chi connectivity index (χ1) is 6.27. The third-order valence-corrected chi connectivity index (χ3v) is 1.66. The van der Waals surface area contributed by atoms with E-state index in [9.17, 15) is 0 Å². The molecule has 0 N–H and O–H groups in total. The zero-order valence-electron chi connectivity index (χ0n) is 8.17. The molecule has 13 heavy (non-hydrogen) atoms. The van der Waals surface area contributed by atoms with Crippen LogP contribution in [0.4, 0.5) is 0 Å². The average Bonchev–Trinajstić information content (AvgIpc) is 2.54. The molecule has 72 valence electrons. The minimum atomic E-state index is 0.577. The van der Waals surface area contributed by atoms with Crippen molar-refractivity contribution in [2.45, 2.75) is 26.7 Å². The van der Waals surface area contributed by atoms with Gasteiger partial charge in [-0.3, -0.25) is 0 Å². The Balaban J connectivity index is 2.62. The summed E-state index contributed by atoms with van der Waals surface area (Å²) >= 11 is 0. The van der Waals surface area contributed by atoms with Crippen LogP contribution >= 0.6 is 0 Å². The van der Waals surface area contributed by atoms with Crippen molar-refractivity contribution >= 4 is 5.76 Å². The second kappa shape index (κ2) is 4.70. The van der Waals surface area contributed by atoms with Crippen LogP contribution in [-0.2, 0) is 11.2 Å². The molecule has 0 aliphatic carbocycles. The molecule has 0 amide bonds. The van der Waals surface area contributed by atoms with Crippen molar-refractivity contribution < 1.29 is 9.26 Å². The summed E-state index contributed by atoms with van der Waals surface area (Å²) in [6, 6.07) is 1.88. The molecule has 0 saturated carbocycles. The van der Waals surface area contributed by atoms with Crippen molar-refractivity contribution in [3.63, 3.8) is 0 Å². The maximum absolute atomic E-state index is 5.20. The van der Waals surface area contributed by atoms with Gasteiger partial charge in [-0.1, -0.05) is 18.7 Å². The Morgan fingerprint density at radius 2 is 2.38 bits per heavy atom. The second-order valence-electron chi connectivity index (χ2n) is 2.78. The van der Waals surface area contributed by atoms with E-state index in [1.54, 1.807) is 0 Å². The molecule has 0 unspecified atom stereocenters. The topological polar surface area (TPSA) is 35.3 Å². The lowest BCUT2D eigenvalue weighted by atomic mass is 10.2. The standard InChI is InChI=1S/C10H15NO2/c1-4-6-9-7-10(11-13-9)8(3)12-5-2/h7H,3-6H2,1-2H3. The number of ether oxygens (including phenoxy) is 1. The van der Waals surface area contributed by atoms with Gasteiger partial charge in [0.05, 0.1) is 6.61 Å². The largest absolute Gasteiger partial charge is 0.492 e. The van der Waals surface area contributed by atoms with Gasteiger partial charge in [0.1, 0.15) is 17.2 Å². The predicted octanol–water partition coefficient (Wildman–Crippen LogP) is 2.63. The number of hydrogen-bond acceptors (Lipinski definition) is 3. The van der Waals surface area contributed by atoms with E-state index in [0.717, 1.165) is 18.6 Å². The maximum Gasteiger partial charge on any atom is 0.148 e. The van der Waals surface area contributed by atoms with Gasteiger partial charge in [-0.15, -0.1) is 0 Å². The molecule has 0 bridgehead atoms. The van der Waals surface area contributed by atoms with Gasteiger partial charge in [0.25, 0.3) is 0 Å². The van der Waals surface area contributed by atoms with Gasteiger partial charge in [0.2, 0.25) is 0 Å². The highest BCUT2D eigenvalue weighted by Crippen LogP contribution is 2.14. The lowest BCUT2D eigenvalue weighted by Gasteiger charge is -2.00. The summed E-state index contributed by atoms with van der Waals surface area (Å²) in [6.45, 7) is 8.36. The van der Waals surface area contributed by atoms with E-state index in [0.29, 0.717) is 18.1 Å². The van der Waals surface area contributed by atoms with E-state index in [1.165, 1.54) is 0 Å². The Kier molecular flexibility index (Phi) is 3.55. The SMILES string of the molecule is C=C(OCC)c1cc(CCC)on1. The summed E-state index contributed by atoms with van der Waals surface area (Å²) < 4.78 is 10.3. The molecular weight excluding hydrogens is 166 g/mol. The fourth-order valence-corrected chi connectivity index (χ4v) is 1.06. The molecule has 1 rings (SSSR count). The third-order valence-electron chi connectivity index (χ3n) is 1.66. The minimum absolute atomic E-state index is 0.577. The molecule has 0 aliphatic rings. The van der Waals surface area contributed by atoms with Gasteiger partial charge in [0.15, 0.2) is 0 Å². The highest BCUT2D eigenvalue weighted by Gasteiger charge is 2.06. The van der Waals surface area contributed by atoms with Crippen LogP contribution in [0.25, 0.3) is 5.76 Å². The van der Waals surface area contributed by atoms with Crippen LogP contribution in [0.2, 0.25) is 0 Å². The Hall–Kier alpha value is -1.25. The zero-order chi connectivity index (χ0) is 9.68. The van der Waals surface area contributed by atoms with E-state index in [2.05, 4.69) is 18.7 Å². The Labute approximate surface area is 78.4 Å². The number of hydrogen-bond donors (Lipinski definition) is 0. The minimum Gasteiger partial charge on any atom is -0.492 e. The lowest BCUT2D eigenvalue weighted by Crippen LogP contribution is -1.89. The monoisotopic (exact) mass is 181 g/mol. The predicted molar refractivity (Wildman–Crippen MR) is 51.2 cm³/mol. The van der Waals surface area contributed by atoms with Crippen LogP contribution in [0.3, 0.4) is 0 Å². The number of aryl methyl sites for hydroxylation is 1. The molecule has 1 aromatic rings. The highest BCUT2D eigenvalue weighted by atomic mass is 16.5. The Morgan fingerprint density at radius 1 is 1.62 bits per heavy atom. The number of rotatable bonds is 5. The van der Waals surface area contributed by atoms with E-state index in [4.69, 9.17) is 9.26 Å². The zero-order valence-corrected chi connectivity index (χ0v) is 8.17. The number of nitrogens with zero attached hydrogens (tertiary/aromatic N) is 1. The van der Waals surface area contributed by atoms with Crippen molar-refractivity contribution in [3.05, 3.63) is 24.1 Å². The summed E-state index contributed by atoms with van der Waals surface area (Å²) in [4.78, 5) is 0. The van der Waals surface area contributed by atoms with Crippen LogP contribution in [0.15, 0.2) is 17.2 Å².